The minimum Gasteiger partial charge on any atom is -0.465 e. The van der Waals surface area contributed by atoms with Gasteiger partial charge in [0, 0.05) is 16.9 Å². The molecule has 132 valence electrons. The second-order valence-corrected chi connectivity index (χ2v) is 6.06. The Balaban J connectivity index is 1.78. The van der Waals surface area contributed by atoms with E-state index in [1.807, 2.05) is 0 Å². The fourth-order valence-electron chi connectivity index (χ4n) is 2.19. The summed E-state index contributed by atoms with van der Waals surface area (Å²) in [5.41, 5.74) is 1.77. The molecule has 0 atom stereocenters. The molecular weight excluding hydrogens is 375 g/mol. The van der Waals surface area contributed by atoms with Crippen LogP contribution in [0.3, 0.4) is 0 Å². The molecular formula is C18H14Cl2N4O2. The third-order valence-electron chi connectivity index (χ3n) is 3.39. The summed E-state index contributed by atoms with van der Waals surface area (Å²) >= 11 is 12.1. The molecule has 0 spiro atoms. The van der Waals surface area contributed by atoms with Gasteiger partial charge in [-0.3, -0.25) is 0 Å². The molecule has 26 heavy (non-hydrogen) atoms. The SMILES string of the molecule is COC(=O)c1cccc(Nc2nccc(Nc3ccc(Cl)cc3Cl)n2)c1. The summed E-state index contributed by atoms with van der Waals surface area (Å²) in [6.45, 7) is 0. The van der Waals surface area contributed by atoms with Gasteiger partial charge >= 0.3 is 5.97 Å². The van der Waals surface area contributed by atoms with Crippen LogP contribution in [0.2, 0.25) is 10.0 Å². The number of benzene rings is 2. The van der Waals surface area contributed by atoms with Crippen LogP contribution >= 0.6 is 23.2 Å². The number of nitrogens with zero attached hydrogens (tertiary/aromatic N) is 2. The Labute approximate surface area is 160 Å². The van der Waals surface area contributed by atoms with E-state index in [4.69, 9.17) is 27.9 Å². The summed E-state index contributed by atoms with van der Waals surface area (Å²) in [5, 5.41) is 7.19. The van der Waals surface area contributed by atoms with Crippen molar-refractivity contribution < 1.29 is 9.53 Å². The standard InChI is InChI=1S/C18H14Cl2N4O2/c1-26-17(25)11-3-2-4-13(9-11)22-18-21-8-7-16(24-18)23-15-6-5-12(19)10-14(15)20/h2-10H,1H3,(H2,21,22,23,24). The Bertz CT molecular complexity index is 950. The number of anilines is 4. The first-order chi connectivity index (χ1) is 12.5. The molecule has 8 heteroatoms. The highest BCUT2D eigenvalue weighted by Gasteiger charge is 2.08. The third kappa shape index (κ3) is 4.41. The second kappa shape index (κ2) is 8.03. The molecule has 0 radical (unpaired) electrons. The molecule has 0 saturated heterocycles. The molecule has 3 aromatic rings. The maximum atomic E-state index is 11.6. The summed E-state index contributed by atoms with van der Waals surface area (Å²) in [6.07, 6.45) is 1.60. The average molecular weight is 389 g/mol. The van der Waals surface area contributed by atoms with Crippen molar-refractivity contribution in [1.82, 2.24) is 9.97 Å². The lowest BCUT2D eigenvalue weighted by Crippen LogP contribution is -2.03. The predicted molar refractivity (Wildman–Crippen MR) is 103 cm³/mol. The van der Waals surface area contributed by atoms with Crippen LogP contribution in [0.25, 0.3) is 0 Å². The highest BCUT2D eigenvalue weighted by molar-refractivity contribution is 6.36. The van der Waals surface area contributed by atoms with E-state index in [1.54, 1.807) is 54.7 Å². The molecule has 2 N–H and O–H groups in total. The number of rotatable bonds is 5. The van der Waals surface area contributed by atoms with E-state index in [2.05, 4.69) is 20.6 Å². The molecule has 0 aliphatic carbocycles. The summed E-state index contributed by atoms with van der Waals surface area (Å²) in [7, 11) is 1.34. The Kier molecular flexibility index (Phi) is 5.55. The van der Waals surface area contributed by atoms with Gasteiger partial charge in [-0.15, -0.1) is 0 Å². The quantitative estimate of drug-likeness (QED) is 0.595. The molecule has 0 aliphatic heterocycles. The van der Waals surface area contributed by atoms with Gasteiger partial charge in [-0.1, -0.05) is 29.3 Å². The first-order valence-corrected chi connectivity index (χ1v) is 8.31. The highest BCUT2D eigenvalue weighted by atomic mass is 35.5. The Hall–Kier alpha value is -2.83. The molecule has 0 amide bonds. The third-order valence-corrected chi connectivity index (χ3v) is 3.94. The minimum absolute atomic E-state index is 0.363. The van der Waals surface area contributed by atoms with E-state index in [0.717, 1.165) is 0 Å². The van der Waals surface area contributed by atoms with Crippen LogP contribution in [0, 0.1) is 0 Å². The number of nitrogens with one attached hydrogen (secondary N) is 2. The predicted octanol–water partition coefficient (Wildman–Crippen LogP) is 5.06. The maximum absolute atomic E-state index is 11.6. The van der Waals surface area contributed by atoms with Gasteiger partial charge in [0.15, 0.2) is 0 Å². The monoisotopic (exact) mass is 388 g/mol. The first kappa shape index (κ1) is 18.0. The molecule has 1 aromatic heterocycles. The molecule has 0 aliphatic rings. The van der Waals surface area contributed by atoms with Crippen molar-refractivity contribution in [3.63, 3.8) is 0 Å². The summed E-state index contributed by atoms with van der Waals surface area (Å²) in [6, 6.07) is 13.7. The number of ether oxygens (including phenoxy) is 1. The van der Waals surface area contributed by atoms with Crippen molar-refractivity contribution in [2.24, 2.45) is 0 Å². The number of halogens is 2. The Morgan fingerprint density at radius 1 is 1.08 bits per heavy atom. The van der Waals surface area contributed by atoms with Crippen molar-refractivity contribution in [2.75, 3.05) is 17.7 Å². The Morgan fingerprint density at radius 2 is 1.92 bits per heavy atom. The van der Waals surface area contributed by atoms with Gasteiger partial charge in [0.2, 0.25) is 5.95 Å². The highest BCUT2D eigenvalue weighted by Crippen LogP contribution is 2.28. The van der Waals surface area contributed by atoms with E-state index in [-0.39, 0.29) is 0 Å². The fraction of sp³-hybridized carbons (Fsp3) is 0.0556. The number of methoxy groups -OCH3 is 1. The molecule has 2 aromatic carbocycles. The zero-order valence-corrected chi connectivity index (χ0v) is 15.2. The van der Waals surface area contributed by atoms with Crippen LogP contribution in [0.4, 0.5) is 23.1 Å². The van der Waals surface area contributed by atoms with E-state index in [0.29, 0.717) is 38.7 Å². The van der Waals surface area contributed by atoms with Gasteiger partial charge in [0.05, 0.1) is 23.4 Å². The largest absolute Gasteiger partial charge is 0.465 e. The lowest BCUT2D eigenvalue weighted by Gasteiger charge is -2.10. The van der Waals surface area contributed by atoms with Crippen molar-refractivity contribution in [3.05, 3.63) is 70.3 Å². The molecule has 0 bridgehead atoms. The van der Waals surface area contributed by atoms with E-state index in [1.165, 1.54) is 7.11 Å². The van der Waals surface area contributed by atoms with Crippen LogP contribution in [0.5, 0.6) is 0 Å². The topological polar surface area (TPSA) is 76.1 Å². The zero-order chi connectivity index (χ0) is 18.5. The van der Waals surface area contributed by atoms with Crippen LogP contribution < -0.4 is 10.6 Å². The van der Waals surface area contributed by atoms with Gasteiger partial charge in [0.25, 0.3) is 0 Å². The van der Waals surface area contributed by atoms with Crippen LogP contribution in [-0.2, 0) is 4.74 Å². The molecule has 0 saturated carbocycles. The molecule has 6 nitrogen and oxygen atoms in total. The number of hydrogen-bond acceptors (Lipinski definition) is 6. The Morgan fingerprint density at radius 3 is 2.69 bits per heavy atom. The molecule has 1 heterocycles. The lowest BCUT2D eigenvalue weighted by molar-refractivity contribution is 0.0601. The van der Waals surface area contributed by atoms with Gasteiger partial charge in [-0.25, -0.2) is 9.78 Å². The van der Waals surface area contributed by atoms with Crippen molar-refractivity contribution in [2.45, 2.75) is 0 Å². The second-order valence-electron chi connectivity index (χ2n) is 5.21. The van der Waals surface area contributed by atoms with Gasteiger partial charge in [0.1, 0.15) is 5.82 Å². The summed E-state index contributed by atoms with van der Waals surface area (Å²) < 4.78 is 4.72. The minimum atomic E-state index is -0.414. The van der Waals surface area contributed by atoms with Gasteiger partial charge < -0.3 is 15.4 Å². The fourth-order valence-corrected chi connectivity index (χ4v) is 2.64. The number of carbonyl (C=O) groups excluding carboxylic acids is 1. The summed E-state index contributed by atoms with van der Waals surface area (Å²) in [4.78, 5) is 20.2. The smallest absolute Gasteiger partial charge is 0.337 e. The number of hydrogen-bond donors (Lipinski definition) is 2. The van der Waals surface area contributed by atoms with Crippen molar-refractivity contribution in [1.29, 1.82) is 0 Å². The first-order valence-electron chi connectivity index (χ1n) is 7.55. The average Bonchev–Trinajstić information content (AvgIpc) is 2.64. The van der Waals surface area contributed by atoms with Gasteiger partial charge in [-0.2, -0.15) is 4.98 Å². The zero-order valence-electron chi connectivity index (χ0n) is 13.7. The maximum Gasteiger partial charge on any atom is 0.337 e. The van der Waals surface area contributed by atoms with Crippen molar-refractivity contribution >= 4 is 52.3 Å². The number of aromatic nitrogens is 2. The summed E-state index contributed by atoms with van der Waals surface area (Å²) in [5.74, 6) is 0.500. The lowest BCUT2D eigenvalue weighted by atomic mass is 10.2. The van der Waals surface area contributed by atoms with E-state index < -0.39 is 5.97 Å². The molecule has 3 rings (SSSR count). The van der Waals surface area contributed by atoms with E-state index >= 15 is 0 Å². The van der Waals surface area contributed by atoms with Crippen LogP contribution in [0.15, 0.2) is 54.7 Å². The van der Waals surface area contributed by atoms with Crippen molar-refractivity contribution in [3.8, 4) is 0 Å². The van der Waals surface area contributed by atoms with Crippen LogP contribution in [-0.4, -0.2) is 23.0 Å². The van der Waals surface area contributed by atoms with E-state index in [9.17, 15) is 4.79 Å². The molecule has 0 fully saturated rings. The van der Waals surface area contributed by atoms with Gasteiger partial charge in [-0.05, 0) is 42.5 Å². The number of carbonyl (C=O) groups is 1. The number of esters is 1. The molecule has 0 unspecified atom stereocenters. The normalized spacial score (nSPS) is 10.3. The van der Waals surface area contributed by atoms with Crippen LogP contribution in [0.1, 0.15) is 10.4 Å².